The molecule has 0 fully saturated rings. The molecular weight excluding hydrogens is 390 g/mol. The van der Waals surface area contributed by atoms with Crippen molar-refractivity contribution in [1.29, 1.82) is 0 Å². The van der Waals surface area contributed by atoms with Gasteiger partial charge >= 0.3 is 0 Å². The number of imidazole rings is 1. The number of rotatable bonds is 6. The van der Waals surface area contributed by atoms with Crippen LogP contribution in [0.25, 0.3) is 33.2 Å². The van der Waals surface area contributed by atoms with E-state index in [1.807, 2.05) is 16.7 Å². The Hall–Kier alpha value is -3.12. The third kappa shape index (κ3) is 3.09. The first-order chi connectivity index (χ1) is 14.1. The fourth-order valence-electron chi connectivity index (χ4n) is 3.66. The number of phenolic OH excluding ortho intramolecular Hbond substituents is 1. The quantitative estimate of drug-likeness (QED) is 0.372. The lowest BCUT2D eigenvalue weighted by Crippen LogP contribution is -2.01. The van der Waals surface area contributed by atoms with Crippen molar-refractivity contribution in [3.8, 4) is 22.9 Å². The first kappa shape index (κ1) is 19.2. The number of methoxy groups -OCH3 is 1. The molecule has 0 atom stereocenters. The molecular formula is C22H20ClN3O3. The molecule has 1 heterocycles. The smallest absolute Gasteiger partial charge is 0.149 e. The topological polar surface area (TPSA) is 76.7 Å². The average molecular weight is 410 g/mol. The molecule has 6 nitrogen and oxygen atoms in total. The van der Waals surface area contributed by atoms with Crippen molar-refractivity contribution in [1.82, 2.24) is 9.55 Å². The molecule has 0 aliphatic carbocycles. The molecule has 0 aliphatic rings. The second-order valence-corrected chi connectivity index (χ2v) is 7.23. The number of aryl methyl sites for hydroxylation is 1. The molecule has 29 heavy (non-hydrogen) atoms. The molecule has 3 aromatic carbocycles. The zero-order chi connectivity index (χ0) is 20.5. The highest BCUT2D eigenvalue weighted by atomic mass is 35.5. The van der Waals surface area contributed by atoms with E-state index in [2.05, 4.69) is 12.1 Å². The summed E-state index contributed by atoms with van der Waals surface area (Å²) >= 11 is 6.33. The van der Waals surface area contributed by atoms with Crippen LogP contribution in [0.1, 0.15) is 19.8 Å². The van der Waals surface area contributed by atoms with Crippen LogP contribution in [0.3, 0.4) is 0 Å². The summed E-state index contributed by atoms with van der Waals surface area (Å²) in [7, 11) is 1.56. The lowest BCUT2D eigenvalue weighted by atomic mass is 10.1. The maximum absolute atomic E-state index is 11.7. The van der Waals surface area contributed by atoms with Crippen LogP contribution in [-0.4, -0.2) is 21.8 Å². The maximum Gasteiger partial charge on any atom is 0.149 e. The van der Waals surface area contributed by atoms with Crippen molar-refractivity contribution in [3.63, 3.8) is 0 Å². The van der Waals surface area contributed by atoms with Gasteiger partial charge in [0.1, 0.15) is 34.0 Å². The fraction of sp³-hybridized carbons (Fsp3) is 0.227. The number of hydrogen-bond acceptors (Lipinski definition) is 5. The second kappa shape index (κ2) is 7.72. The van der Waals surface area contributed by atoms with Crippen molar-refractivity contribution >= 4 is 39.1 Å². The van der Waals surface area contributed by atoms with Gasteiger partial charge in [0, 0.05) is 22.9 Å². The normalized spacial score (nSPS) is 11.3. The predicted octanol–water partition coefficient (Wildman–Crippen LogP) is 6.42. The van der Waals surface area contributed by atoms with Crippen molar-refractivity contribution in [2.75, 3.05) is 7.11 Å². The lowest BCUT2D eigenvalue weighted by Gasteiger charge is -2.12. The zero-order valence-corrected chi connectivity index (χ0v) is 16.9. The first-order valence-electron chi connectivity index (χ1n) is 9.41. The van der Waals surface area contributed by atoms with E-state index in [4.69, 9.17) is 21.3 Å². The molecule has 0 aliphatic heterocycles. The highest BCUT2D eigenvalue weighted by molar-refractivity contribution is 6.32. The van der Waals surface area contributed by atoms with Gasteiger partial charge in [0.25, 0.3) is 0 Å². The van der Waals surface area contributed by atoms with Crippen LogP contribution in [0.4, 0.5) is 5.69 Å². The minimum absolute atomic E-state index is 0.0949. The Labute approximate surface area is 172 Å². The molecule has 0 unspecified atom stereocenters. The van der Waals surface area contributed by atoms with Gasteiger partial charge in [0.15, 0.2) is 0 Å². The number of ether oxygens (including phenoxy) is 1. The van der Waals surface area contributed by atoms with Crippen molar-refractivity contribution in [2.24, 2.45) is 5.18 Å². The van der Waals surface area contributed by atoms with Gasteiger partial charge in [-0.3, -0.25) is 0 Å². The number of fused-ring (bicyclic) bond motifs is 2. The standard InChI is InChI=1S/C22H20ClN3O3/c1-3-4-11-26-20-19(18(25-28)14-7-5-6-8-15(14)21(20)27)24-22(26)13-9-10-17(29-2)16(23)12-13/h5-10,12,27H,3-4,11H2,1-2H3. The summed E-state index contributed by atoms with van der Waals surface area (Å²) in [6.07, 6.45) is 1.86. The van der Waals surface area contributed by atoms with Gasteiger partial charge in [-0.05, 0) is 29.8 Å². The Morgan fingerprint density at radius 1 is 1.21 bits per heavy atom. The summed E-state index contributed by atoms with van der Waals surface area (Å²) in [6.45, 7) is 2.73. The Bertz CT molecular complexity index is 1230. The number of hydrogen-bond donors (Lipinski definition) is 1. The predicted molar refractivity (Wildman–Crippen MR) is 116 cm³/mol. The van der Waals surface area contributed by atoms with Gasteiger partial charge in [-0.1, -0.05) is 49.2 Å². The van der Waals surface area contributed by atoms with Gasteiger partial charge in [-0.15, -0.1) is 4.91 Å². The van der Waals surface area contributed by atoms with E-state index in [-0.39, 0.29) is 11.4 Å². The molecule has 1 aromatic heterocycles. The number of aromatic hydroxyl groups is 1. The minimum Gasteiger partial charge on any atom is -0.505 e. The molecule has 4 rings (SSSR count). The Morgan fingerprint density at radius 3 is 2.62 bits per heavy atom. The van der Waals surface area contributed by atoms with Crippen LogP contribution < -0.4 is 4.74 Å². The van der Waals surface area contributed by atoms with Crippen molar-refractivity contribution in [3.05, 3.63) is 52.4 Å². The molecule has 0 spiro atoms. The third-order valence-electron chi connectivity index (χ3n) is 5.09. The molecule has 148 valence electrons. The van der Waals surface area contributed by atoms with E-state index in [1.54, 1.807) is 37.4 Å². The summed E-state index contributed by atoms with van der Waals surface area (Å²) < 4.78 is 7.18. The second-order valence-electron chi connectivity index (χ2n) is 6.82. The maximum atomic E-state index is 11.7. The monoisotopic (exact) mass is 409 g/mol. The molecule has 0 radical (unpaired) electrons. The van der Waals surface area contributed by atoms with Gasteiger partial charge in [-0.25, -0.2) is 4.98 Å². The highest BCUT2D eigenvalue weighted by Crippen LogP contribution is 2.44. The zero-order valence-electron chi connectivity index (χ0n) is 16.1. The van der Waals surface area contributed by atoms with E-state index >= 15 is 0 Å². The lowest BCUT2D eigenvalue weighted by molar-refractivity contribution is 0.415. The van der Waals surface area contributed by atoms with Crippen LogP contribution in [-0.2, 0) is 6.54 Å². The highest BCUT2D eigenvalue weighted by Gasteiger charge is 2.23. The van der Waals surface area contributed by atoms with Crippen LogP contribution in [0.5, 0.6) is 11.5 Å². The van der Waals surface area contributed by atoms with Crippen molar-refractivity contribution in [2.45, 2.75) is 26.3 Å². The largest absolute Gasteiger partial charge is 0.505 e. The van der Waals surface area contributed by atoms with Crippen LogP contribution in [0, 0.1) is 4.91 Å². The Kier molecular flexibility index (Phi) is 5.11. The van der Waals surface area contributed by atoms with Gasteiger partial charge in [0.05, 0.1) is 12.1 Å². The third-order valence-corrected chi connectivity index (χ3v) is 5.39. The van der Waals surface area contributed by atoms with Crippen molar-refractivity contribution < 1.29 is 9.84 Å². The van der Waals surface area contributed by atoms with Crippen LogP contribution in [0.2, 0.25) is 5.02 Å². The summed E-state index contributed by atoms with van der Waals surface area (Å²) in [5, 5.41) is 15.9. The number of benzene rings is 3. The summed E-state index contributed by atoms with van der Waals surface area (Å²) in [4.78, 5) is 16.5. The Morgan fingerprint density at radius 2 is 1.97 bits per heavy atom. The Balaban J connectivity index is 2.09. The first-order valence-corrected chi connectivity index (χ1v) is 9.79. The fourth-order valence-corrected chi connectivity index (χ4v) is 3.92. The number of nitrogens with zero attached hydrogens (tertiary/aromatic N) is 3. The molecule has 4 aromatic rings. The number of unbranched alkanes of at least 4 members (excludes halogenated alkanes) is 1. The van der Waals surface area contributed by atoms with Gasteiger partial charge in [0.2, 0.25) is 0 Å². The molecule has 0 saturated carbocycles. The molecule has 0 amide bonds. The van der Waals surface area contributed by atoms with Gasteiger partial charge in [-0.2, -0.15) is 0 Å². The number of halogens is 1. The summed E-state index contributed by atoms with van der Waals surface area (Å²) in [6, 6.07) is 12.6. The van der Waals surface area contributed by atoms with E-state index < -0.39 is 0 Å². The van der Waals surface area contributed by atoms with E-state index in [0.29, 0.717) is 44.9 Å². The minimum atomic E-state index is 0.0949. The molecule has 7 heteroatoms. The van der Waals surface area contributed by atoms with E-state index in [9.17, 15) is 10.0 Å². The molecule has 0 saturated heterocycles. The SMILES string of the molecule is CCCCn1c(-c2ccc(OC)c(Cl)c2)nc2c(N=O)c3ccccc3c(O)c21. The van der Waals surface area contributed by atoms with E-state index in [1.165, 1.54) is 0 Å². The summed E-state index contributed by atoms with van der Waals surface area (Å²) in [5.74, 6) is 1.28. The van der Waals surface area contributed by atoms with Crippen LogP contribution >= 0.6 is 11.6 Å². The molecule has 0 bridgehead atoms. The summed E-state index contributed by atoms with van der Waals surface area (Å²) in [5.41, 5.74) is 1.89. The van der Waals surface area contributed by atoms with E-state index in [0.717, 1.165) is 18.4 Å². The van der Waals surface area contributed by atoms with Gasteiger partial charge < -0.3 is 14.4 Å². The molecule has 1 N–H and O–H groups in total. The average Bonchev–Trinajstić information content (AvgIpc) is 3.12. The number of phenols is 1. The van der Waals surface area contributed by atoms with Crippen LogP contribution in [0.15, 0.2) is 47.6 Å². The number of nitroso groups, excluding NO2 is 1. The number of aromatic nitrogens is 2.